The number of carboxylic acids is 1. The Kier molecular flexibility index (Phi) is 5.60. The minimum Gasteiger partial charge on any atom is -0.480 e. The number of rotatable bonds is 5. The summed E-state index contributed by atoms with van der Waals surface area (Å²) in [6, 6.07) is 14.4. The van der Waals surface area contributed by atoms with Crippen LogP contribution in [0.1, 0.15) is 12.5 Å². The maximum Gasteiger partial charge on any atom is 0.415 e. The lowest BCUT2D eigenvalue weighted by molar-refractivity contribution is -0.138. The second kappa shape index (κ2) is 7.65. The van der Waals surface area contributed by atoms with Crippen molar-refractivity contribution in [1.29, 1.82) is 0 Å². The number of ether oxygens (including phenoxy) is 1. The molecule has 1 atom stereocenters. The largest absolute Gasteiger partial charge is 0.480 e. The molecule has 2 aromatic carbocycles. The fraction of sp³-hybridized carbons (Fsp3) is 0.176. The molecule has 0 saturated heterocycles. The molecular weight excluding hydrogens is 318 g/mol. The third-order valence-corrected chi connectivity index (χ3v) is 3.50. The standard InChI is InChI=1S/C17H16ClNO4/c1-12(16(20)21)19(15-9-7-14(18)8-10-15)17(22)23-11-13-5-3-2-4-6-13/h2-10,12H,11H2,1H3,(H,20,21)/t12-/m0/s1. The Labute approximate surface area is 139 Å². The van der Waals surface area contributed by atoms with E-state index >= 15 is 0 Å². The summed E-state index contributed by atoms with van der Waals surface area (Å²) in [6.07, 6.45) is -0.730. The predicted octanol–water partition coefficient (Wildman–Crippen LogP) is 3.96. The van der Waals surface area contributed by atoms with Crippen LogP contribution in [0.25, 0.3) is 0 Å². The van der Waals surface area contributed by atoms with E-state index in [0.717, 1.165) is 10.5 Å². The highest BCUT2D eigenvalue weighted by atomic mass is 35.5. The van der Waals surface area contributed by atoms with Crippen LogP contribution in [0.5, 0.6) is 0 Å². The predicted molar refractivity (Wildman–Crippen MR) is 87.7 cm³/mol. The third kappa shape index (κ3) is 4.47. The van der Waals surface area contributed by atoms with Gasteiger partial charge in [0.25, 0.3) is 0 Å². The quantitative estimate of drug-likeness (QED) is 0.899. The van der Waals surface area contributed by atoms with Crippen LogP contribution in [0, 0.1) is 0 Å². The van der Waals surface area contributed by atoms with E-state index in [2.05, 4.69) is 0 Å². The van der Waals surface area contributed by atoms with Gasteiger partial charge in [0.2, 0.25) is 0 Å². The Bertz CT molecular complexity index is 673. The van der Waals surface area contributed by atoms with Gasteiger partial charge < -0.3 is 9.84 Å². The molecule has 0 aliphatic heterocycles. The van der Waals surface area contributed by atoms with Gasteiger partial charge in [-0.15, -0.1) is 0 Å². The van der Waals surface area contributed by atoms with Crippen molar-refractivity contribution in [2.24, 2.45) is 0 Å². The first-order chi connectivity index (χ1) is 11.0. The first kappa shape index (κ1) is 16.8. The molecule has 0 unspecified atom stereocenters. The number of carbonyl (C=O) groups excluding carboxylic acids is 1. The van der Waals surface area contributed by atoms with E-state index < -0.39 is 18.1 Å². The van der Waals surface area contributed by atoms with Crippen LogP contribution >= 0.6 is 11.6 Å². The molecule has 120 valence electrons. The van der Waals surface area contributed by atoms with E-state index in [9.17, 15) is 14.7 Å². The molecule has 0 aromatic heterocycles. The van der Waals surface area contributed by atoms with Crippen LogP contribution < -0.4 is 4.90 Å². The van der Waals surface area contributed by atoms with E-state index in [1.165, 1.54) is 6.92 Å². The first-order valence-electron chi connectivity index (χ1n) is 6.97. The van der Waals surface area contributed by atoms with Gasteiger partial charge in [-0.05, 0) is 36.8 Å². The average Bonchev–Trinajstić information content (AvgIpc) is 2.55. The summed E-state index contributed by atoms with van der Waals surface area (Å²) in [5.74, 6) is -1.13. The van der Waals surface area contributed by atoms with Crippen molar-refractivity contribution in [3.63, 3.8) is 0 Å². The molecule has 0 radical (unpaired) electrons. The Morgan fingerprint density at radius 2 is 1.74 bits per heavy atom. The number of nitrogens with zero attached hydrogens (tertiary/aromatic N) is 1. The van der Waals surface area contributed by atoms with Crippen LogP contribution in [0.2, 0.25) is 5.02 Å². The number of carbonyl (C=O) groups is 2. The van der Waals surface area contributed by atoms with E-state index in [4.69, 9.17) is 16.3 Å². The van der Waals surface area contributed by atoms with Gasteiger partial charge >= 0.3 is 12.1 Å². The summed E-state index contributed by atoms with van der Waals surface area (Å²) in [6.45, 7) is 1.48. The molecule has 2 rings (SSSR count). The number of amides is 1. The lowest BCUT2D eigenvalue weighted by Gasteiger charge is -2.25. The highest BCUT2D eigenvalue weighted by molar-refractivity contribution is 6.30. The van der Waals surface area contributed by atoms with Gasteiger partial charge in [0, 0.05) is 10.7 Å². The van der Waals surface area contributed by atoms with Crippen LogP contribution in [-0.4, -0.2) is 23.2 Å². The van der Waals surface area contributed by atoms with Crippen molar-refractivity contribution >= 4 is 29.4 Å². The molecule has 23 heavy (non-hydrogen) atoms. The van der Waals surface area contributed by atoms with Gasteiger partial charge in [-0.2, -0.15) is 0 Å². The Morgan fingerprint density at radius 3 is 2.30 bits per heavy atom. The first-order valence-corrected chi connectivity index (χ1v) is 7.35. The molecule has 0 fully saturated rings. The SMILES string of the molecule is C[C@@H](C(=O)O)N(C(=O)OCc1ccccc1)c1ccc(Cl)cc1. The summed E-state index contributed by atoms with van der Waals surface area (Å²) in [5.41, 5.74) is 1.22. The minimum atomic E-state index is -1.13. The van der Waals surface area contributed by atoms with Gasteiger partial charge in [-0.3, -0.25) is 4.90 Å². The van der Waals surface area contributed by atoms with Crippen molar-refractivity contribution in [2.45, 2.75) is 19.6 Å². The number of hydrogen-bond donors (Lipinski definition) is 1. The van der Waals surface area contributed by atoms with E-state index in [1.54, 1.807) is 24.3 Å². The third-order valence-electron chi connectivity index (χ3n) is 3.25. The normalized spacial score (nSPS) is 11.6. The van der Waals surface area contributed by atoms with Gasteiger partial charge in [-0.1, -0.05) is 41.9 Å². The maximum absolute atomic E-state index is 12.4. The molecule has 0 aliphatic rings. The van der Waals surface area contributed by atoms with Crippen molar-refractivity contribution < 1.29 is 19.4 Å². The molecule has 0 bridgehead atoms. The molecule has 0 heterocycles. The summed E-state index contributed by atoms with van der Waals surface area (Å²) in [5, 5.41) is 9.72. The Morgan fingerprint density at radius 1 is 1.13 bits per heavy atom. The Balaban J connectivity index is 2.17. The summed E-state index contributed by atoms with van der Waals surface area (Å²) in [7, 11) is 0. The second-order valence-corrected chi connectivity index (χ2v) is 5.34. The van der Waals surface area contributed by atoms with Gasteiger partial charge in [-0.25, -0.2) is 9.59 Å². The highest BCUT2D eigenvalue weighted by Crippen LogP contribution is 2.21. The molecule has 1 amide bonds. The molecule has 0 spiro atoms. The second-order valence-electron chi connectivity index (χ2n) is 4.90. The van der Waals surface area contributed by atoms with Crippen molar-refractivity contribution in [1.82, 2.24) is 0 Å². The number of halogens is 1. The lowest BCUT2D eigenvalue weighted by Crippen LogP contribution is -2.43. The van der Waals surface area contributed by atoms with Crippen molar-refractivity contribution in [3.05, 3.63) is 65.2 Å². The van der Waals surface area contributed by atoms with Crippen LogP contribution in [0.3, 0.4) is 0 Å². The molecule has 0 aliphatic carbocycles. The maximum atomic E-state index is 12.4. The van der Waals surface area contributed by atoms with Crippen LogP contribution in [-0.2, 0) is 16.1 Å². The lowest BCUT2D eigenvalue weighted by atomic mass is 10.2. The molecule has 2 aromatic rings. The van der Waals surface area contributed by atoms with Crippen molar-refractivity contribution in [2.75, 3.05) is 4.90 Å². The van der Waals surface area contributed by atoms with Crippen LogP contribution in [0.4, 0.5) is 10.5 Å². The van der Waals surface area contributed by atoms with Gasteiger partial charge in [0.1, 0.15) is 12.6 Å². The monoisotopic (exact) mass is 333 g/mol. The highest BCUT2D eigenvalue weighted by Gasteiger charge is 2.28. The summed E-state index contributed by atoms with van der Waals surface area (Å²) >= 11 is 5.83. The number of hydrogen-bond acceptors (Lipinski definition) is 3. The molecule has 6 heteroatoms. The zero-order chi connectivity index (χ0) is 16.8. The number of anilines is 1. The fourth-order valence-electron chi connectivity index (χ4n) is 1.99. The van der Waals surface area contributed by atoms with E-state index in [1.807, 2.05) is 30.3 Å². The summed E-state index contributed by atoms with van der Waals surface area (Å²) < 4.78 is 5.24. The zero-order valence-corrected chi connectivity index (χ0v) is 13.2. The Hall–Kier alpha value is -2.53. The average molecular weight is 334 g/mol. The number of aliphatic carboxylic acids is 1. The van der Waals surface area contributed by atoms with Gasteiger partial charge in [0.05, 0.1) is 0 Å². The van der Waals surface area contributed by atoms with Crippen LogP contribution in [0.15, 0.2) is 54.6 Å². The molecule has 5 nitrogen and oxygen atoms in total. The molecular formula is C17H16ClNO4. The number of benzene rings is 2. The summed E-state index contributed by atoms with van der Waals surface area (Å²) in [4.78, 5) is 24.7. The van der Waals surface area contributed by atoms with E-state index in [-0.39, 0.29) is 6.61 Å². The zero-order valence-electron chi connectivity index (χ0n) is 12.5. The van der Waals surface area contributed by atoms with Gasteiger partial charge in [0.15, 0.2) is 0 Å². The van der Waals surface area contributed by atoms with E-state index in [0.29, 0.717) is 10.7 Å². The molecule has 1 N–H and O–H groups in total. The van der Waals surface area contributed by atoms with Crippen molar-refractivity contribution in [3.8, 4) is 0 Å². The minimum absolute atomic E-state index is 0.0656. The topological polar surface area (TPSA) is 66.8 Å². The smallest absolute Gasteiger partial charge is 0.415 e. The fourth-order valence-corrected chi connectivity index (χ4v) is 2.11. The molecule has 0 saturated carbocycles. The number of carboxylic acid groups (broad SMARTS) is 1.